The summed E-state index contributed by atoms with van der Waals surface area (Å²) in [7, 11) is 0. The third kappa shape index (κ3) is 1.62. The summed E-state index contributed by atoms with van der Waals surface area (Å²) in [6.07, 6.45) is 4.06. The number of anilines is 1. The Bertz CT molecular complexity index is 253. The molecule has 1 saturated carbocycles. The van der Waals surface area contributed by atoms with E-state index in [-0.39, 0.29) is 0 Å². The van der Waals surface area contributed by atoms with Crippen LogP contribution in [0.2, 0.25) is 0 Å². The van der Waals surface area contributed by atoms with Crippen molar-refractivity contribution in [2.24, 2.45) is 0 Å². The van der Waals surface area contributed by atoms with Crippen LogP contribution in [-0.4, -0.2) is 6.04 Å². The lowest BCUT2D eigenvalue weighted by Crippen LogP contribution is -2.34. The van der Waals surface area contributed by atoms with Crippen LogP contribution in [0.25, 0.3) is 0 Å². The minimum atomic E-state index is 0.756. The molecule has 66 valence electrons. The van der Waals surface area contributed by atoms with Gasteiger partial charge in [0.1, 0.15) is 0 Å². The number of thiophene rings is 1. The molecule has 0 aromatic carbocycles. The third-order valence-corrected chi connectivity index (χ3v) is 3.37. The Morgan fingerprint density at radius 2 is 2.42 bits per heavy atom. The van der Waals surface area contributed by atoms with E-state index in [4.69, 9.17) is 5.73 Å². The van der Waals surface area contributed by atoms with E-state index < -0.39 is 0 Å². The van der Waals surface area contributed by atoms with Crippen molar-refractivity contribution in [3.63, 3.8) is 0 Å². The molecule has 1 aromatic rings. The van der Waals surface area contributed by atoms with Crippen LogP contribution < -0.4 is 11.1 Å². The summed E-state index contributed by atoms with van der Waals surface area (Å²) >= 11 is 1.74. The average molecular weight is 182 g/mol. The van der Waals surface area contributed by atoms with Crippen molar-refractivity contribution in [2.75, 3.05) is 5.73 Å². The van der Waals surface area contributed by atoms with Gasteiger partial charge in [0.15, 0.2) is 0 Å². The van der Waals surface area contributed by atoms with Gasteiger partial charge in [-0.05, 0) is 24.3 Å². The van der Waals surface area contributed by atoms with Gasteiger partial charge >= 0.3 is 0 Å². The summed E-state index contributed by atoms with van der Waals surface area (Å²) in [5, 5.41) is 5.54. The first-order valence-corrected chi connectivity index (χ1v) is 5.29. The van der Waals surface area contributed by atoms with Crippen LogP contribution in [0.3, 0.4) is 0 Å². The maximum atomic E-state index is 5.76. The molecule has 2 rings (SSSR count). The molecule has 0 aliphatic heterocycles. The predicted octanol–water partition coefficient (Wildman–Crippen LogP) is 1.97. The zero-order chi connectivity index (χ0) is 8.39. The van der Waals surface area contributed by atoms with Gasteiger partial charge in [0, 0.05) is 23.2 Å². The van der Waals surface area contributed by atoms with Gasteiger partial charge in [-0.3, -0.25) is 0 Å². The van der Waals surface area contributed by atoms with Gasteiger partial charge in [0.2, 0.25) is 0 Å². The van der Waals surface area contributed by atoms with E-state index in [0.717, 1.165) is 18.3 Å². The first-order chi connectivity index (χ1) is 5.86. The maximum absolute atomic E-state index is 5.76. The normalized spacial score (nSPS) is 17.7. The lowest BCUT2D eigenvalue weighted by Gasteiger charge is -2.26. The van der Waals surface area contributed by atoms with E-state index >= 15 is 0 Å². The fraction of sp³-hybridized carbons (Fsp3) is 0.556. The second kappa shape index (κ2) is 3.46. The molecule has 0 radical (unpaired) electrons. The van der Waals surface area contributed by atoms with Crippen LogP contribution >= 0.6 is 11.3 Å². The number of hydrogen-bond acceptors (Lipinski definition) is 3. The summed E-state index contributed by atoms with van der Waals surface area (Å²) in [4.78, 5) is 1.28. The van der Waals surface area contributed by atoms with Crippen molar-refractivity contribution in [1.82, 2.24) is 5.32 Å². The summed E-state index contributed by atoms with van der Waals surface area (Å²) in [5.41, 5.74) is 6.69. The Hall–Kier alpha value is -0.540. The SMILES string of the molecule is Nc1ccsc1CNC1CCC1. The third-order valence-electron chi connectivity index (χ3n) is 2.44. The second-order valence-corrected chi connectivity index (χ2v) is 4.31. The fourth-order valence-corrected chi connectivity index (χ4v) is 2.09. The Morgan fingerprint density at radius 3 is 2.92 bits per heavy atom. The van der Waals surface area contributed by atoms with Crippen LogP contribution in [0, 0.1) is 0 Å². The topological polar surface area (TPSA) is 38.0 Å². The molecule has 0 saturated heterocycles. The second-order valence-electron chi connectivity index (χ2n) is 3.31. The lowest BCUT2D eigenvalue weighted by molar-refractivity contribution is 0.339. The summed E-state index contributed by atoms with van der Waals surface area (Å²) in [6.45, 7) is 0.953. The Balaban J connectivity index is 1.82. The van der Waals surface area contributed by atoms with Crippen LogP contribution in [0.15, 0.2) is 11.4 Å². The summed E-state index contributed by atoms with van der Waals surface area (Å²) in [5.74, 6) is 0. The van der Waals surface area contributed by atoms with Crippen LogP contribution in [0.4, 0.5) is 5.69 Å². The van der Waals surface area contributed by atoms with Crippen LogP contribution in [0.1, 0.15) is 24.1 Å². The molecule has 3 N–H and O–H groups in total. The number of rotatable bonds is 3. The van der Waals surface area contributed by atoms with Gasteiger partial charge in [-0.2, -0.15) is 0 Å². The van der Waals surface area contributed by atoms with Gasteiger partial charge in [-0.1, -0.05) is 6.42 Å². The van der Waals surface area contributed by atoms with Crippen LogP contribution in [-0.2, 0) is 6.54 Å². The number of nitrogens with one attached hydrogen (secondary N) is 1. The molecular weight excluding hydrogens is 168 g/mol. The molecule has 1 aromatic heterocycles. The van der Waals surface area contributed by atoms with Crippen molar-refractivity contribution in [2.45, 2.75) is 31.8 Å². The quantitative estimate of drug-likeness (QED) is 0.750. The van der Waals surface area contributed by atoms with E-state index in [9.17, 15) is 0 Å². The molecule has 1 aliphatic rings. The standard InChI is InChI=1S/C9H14N2S/c10-8-4-5-12-9(8)6-11-7-2-1-3-7/h4-5,7,11H,1-3,6,10H2. The molecule has 0 atom stereocenters. The minimum Gasteiger partial charge on any atom is -0.398 e. The molecule has 1 fully saturated rings. The largest absolute Gasteiger partial charge is 0.398 e. The minimum absolute atomic E-state index is 0.756. The van der Waals surface area contributed by atoms with E-state index in [1.54, 1.807) is 11.3 Å². The lowest BCUT2D eigenvalue weighted by atomic mass is 9.93. The molecule has 0 amide bonds. The number of nitrogen functional groups attached to an aromatic ring is 1. The molecular formula is C9H14N2S. The van der Waals surface area contributed by atoms with E-state index in [1.807, 2.05) is 11.4 Å². The molecule has 12 heavy (non-hydrogen) atoms. The van der Waals surface area contributed by atoms with Gasteiger partial charge in [0.05, 0.1) is 0 Å². The molecule has 1 heterocycles. The number of nitrogens with two attached hydrogens (primary N) is 1. The van der Waals surface area contributed by atoms with Crippen LogP contribution in [0.5, 0.6) is 0 Å². The fourth-order valence-electron chi connectivity index (χ4n) is 1.34. The smallest absolute Gasteiger partial charge is 0.0468 e. The molecule has 0 bridgehead atoms. The first kappa shape index (κ1) is 8.08. The van der Waals surface area contributed by atoms with Gasteiger partial charge in [-0.15, -0.1) is 11.3 Å². The maximum Gasteiger partial charge on any atom is 0.0468 e. The number of hydrogen-bond donors (Lipinski definition) is 2. The highest BCUT2D eigenvalue weighted by Crippen LogP contribution is 2.22. The van der Waals surface area contributed by atoms with Crippen molar-refractivity contribution >= 4 is 17.0 Å². The monoisotopic (exact) mass is 182 g/mol. The van der Waals surface area contributed by atoms with Crippen molar-refractivity contribution < 1.29 is 0 Å². The summed E-state index contributed by atoms with van der Waals surface area (Å²) < 4.78 is 0. The Morgan fingerprint density at radius 1 is 1.58 bits per heavy atom. The van der Waals surface area contributed by atoms with Gasteiger partial charge < -0.3 is 11.1 Å². The van der Waals surface area contributed by atoms with E-state index in [0.29, 0.717) is 0 Å². The molecule has 1 aliphatic carbocycles. The highest BCUT2D eigenvalue weighted by atomic mass is 32.1. The predicted molar refractivity (Wildman–Crippen MR) is 53.2 cm³/mol. The summed E-state index contributed by atoms with van der Waals surface area (Å²) in [6, 6.07) is 2.73. The van der Waals surface area contributed by atoms with Crippen molar-refractivity contribution in [1.29, 1.82) is 0 Å². The van der Waals surface area contributed by atoms with Gasteiger partial charge in [0.25, 0.3) is 0 Å². The van der Waals surface area contributed by atoms with E-state index in [1.165, 1.54) is 24.1 Å². The zero-order valence-electron chi connectivity index (χ0n) is 7.05. The van der Waals surface area contributed by atoms with E-state index in [2.05, 4.69) is 5.32 Å². The highest BCUT2D eigenvalue weighted by Gasteiger charge is 2.16. The molecule has 3 heteroatoms. The Labute approximate surface area is 76.8 Å². The Kier molecular flexibility index (Phi) is 2.33. The average Bonchev–Trinajstić information content (AvgIpc) is 2.33. The molecule has 0 spiro atoms. The van der Waals surface area contributed by atoms with Crippen molar-refractivity contribution in [3.8, 4) is 0 Å². The zero-order valence-corrected chi connectivity index (χ0v) is 7.86. The molecule has 0 unspecified atom stereocenters. The van der Waals surface area contributed by atoms with Crippen molar-refractivity contribution in [3.05, 3.63) is 16.3 Å². The first-order valence-electron chi connectivity index (χ1n) is 4.41. The highest BCUT2D eigenvalue weighted by molar-refractivity contribution is 7.10. The molecule has 2 nitrogen and oxygen atoms in total. The van der Waals surface area contributed by atoms with Gasteiger partial charge in [-0.25, -0.2) is 0 Å².